The molecule has 0 aromatic heterocycles. The lowest BCUT2D eigenvalue weighted by Crippen LogP contribution is -2.42. The molecule has 2 aliphatic rings. The number of alkyl halides is 1. The number of rotatable bonds is 3. The molecule has 0 spiro atoms. The minimum Gasteiger partial charge on any atom is -0.400 e. The van der Waals surface area contributed by atoms with Crippen LogP contribution in [0.4, 0.5) is 11.4 Å². The number of aliphatic hydroxyl groups is 2. The van der Waals surface area contributed by atoms with Crippen molar-refractivity contribution < 1.29 is 15.0 Å². The zero-order valence-corrected chi connectivity index (χ0v) is 22.0. The van der Waals surface area contributed by atoms with Crippen molar-refractivity contribution in [2.45, 2.75) is 65.0 Å². The summed E-state index contributed by atoms with van der Waals surface area (Å²) in [6.07, 6.45) is 1.43. The Morgan fingerprint density at radius 2 is 1.64 bits per heavy atom. The highest BCUT2D eigenvalue weighted by atomic mass is 35.5. The van der Waals surface area contributed by atoms with Gasteiger partial charge in [-0.15, -0.1) is 11.6 Å². The first-order valence-corrected chi connectivity index (χ1v) is 11.9. The highest BCUT2D eigenvalue weighted by Gasteiger charge is 2.42. The van der Waals surface area contributed by atoms with Gasteiger partial charge in [0.05, 0.1) is 22.4 Å². The van der Waals surface area contributed by atoms with Crippen molar-refractivity contribution in [3.63, 3.8) is 0 Å². The lowest BCUT2D eigenvalue weighted by Gasteiger charge is -2.38. The highest BCUT2D eigenvalue weighted by molar-refractivity contribution is 6.24. The smallest absolute Gasteiger partial charge is 0.124 e. The monoisotopic (exact) mass is 474 g/mol. The van der Waals surface area contributed by atoms with E-state index < -0.39 is 5.60 Å². The quantitative estimate of drug-likeness (QED) is 0.482. The summed E-state index contributed by atoms with van der Waals surface area (Å²) in [5, 5.41) is 15.4. The molecule has 0 fully saturated rings. The standard InChI is InChI=1S/C22H25ClN2O.C4H10O.CH4O/c1-13-5-7-16(8-6-13)18-17(9-12-26)14(2)21-22-19(18)20(23)15(3)25(22)11-10-24(21)4;1-4(2,3)5;1-2/h5-8,12,15,20H,9-11H2,1-4H3;5H,1-3H3;2H,1H3. The lowest BCUT2D eigenvalue weighted by atomic mass is 9.86. The Balaban J connectivity index is 0.000000489. The molecule has 2 unspecified atom stereocenters. The zero-order valence-electron chi connectivity index (χ0n) is 21.2. The van der Waals surface area contributed by atoms with Crippen LogP contribution in [0.15, 0.2) is 24.3 Å². The van der Waals surface area contributed by atoms with Gasteiger partial charge in [0.1, 0.15) is 6.29 Å². The van der Waals surface area contributed by atoms with E-state index in [2.05, 4.69) is 61.9 Å². The van der Waals surface area contributed by atoms with Gasteiger partial charge in [-0.1, -0.05) is 29.8 Å². The first-order chi connectivity index (χ1) is 15.5. The molecule has 2 aromatic rings. The second-order valence-electron chi connectivity index (χ2n) is 9.75. The average molecular weight is 475 g/mol. The van der Waals surface area contributed by atoms with Gasteiger partial charge in [0.15, 0.2) is 0 Å². The Kier molecular flexibility index (Phi) is 8.97. The van der Waals surface area contributed by atoms with Gasteiger partial charge in [0.2, 0.25) is 0 Å². The van der Waals surface area contributed by atoms with Gasteiger partial charge in [-0.2, -0.15) is 0 Å². The molecule has 6 heteroatoms. The van der Waals surface area contributed by atoms with E-state index in [-0.39, 0.29) is 11.4 Å². The minimum absolute atomic E-state index is 0.0717. The SMILES string of the molecule is CC(C)(C)O.CO.Cc1ccc(-c2c(CC=O)c(C)c3c4c2C(Cl)C(C)N4CCN3C)cc1. The Labute approximate surface area is 204 Å². The molecule has 33 heavy (non-hydrogen) atoms. The number of likely N-dealkylation sites (N-methyl/N-ethyl adjacent to an activating group) is 1. The number of aryl methyl sites for hydroxylation is 1. The molecule has 0 saturated heterocycles. The Morgan fingerprint density at radius 1 is 1.09 bits per heavy atom. The number of aldehydes is 1. The lowest BCUT2D eigenvalue weighted by molar-refractivity contribution is -0.107. The van der Waals surface area contributed by atoms with Gasteiger partial charge in [-0.3, -0.25) is 0 Å². The van der Waals surface area contributed by atoms with E-state index in [1.807, 2.05) is 0 Å². The third-order valence-electron chi connectivity index (χ3n) is 6.02. The largest absolute Gasteiger partial charge is 0.400 e. The number of aliphatic hydroxyl groups excluding tert-OH is 1. The summed E-state index contributed by atoms with van der Waals surface area (Å²) in [4.78, 5) is 16.3. The van der Waals surface area contributed by atoms with Crippen LogP contribution in [0.1, 0.15) is 55.3 Å². The summed E-state index contributed by atoms with van der Waals surface area (Å²) in [7, 11) is 3.14. The highest BCUT2D eigenvalue weighted by Crippen LogP contribution is 2.56. The molecule has 0 radical (unpaired) electrons. The Bertz CT molecular complexity index is 961. The number of hydrogen-bond acceptors (Lipinski definition) is 5. The van der Waals surface area contributed by atoms with Crippen LogP contribution in [0.5, 0.6) is 0 Å². The fourth-order valence-electron chi connectivity index (χ4n) is 4.62. The van der Waals surface area contributed by atoms with Crippen LogP contribution >= 0.6 is 11.6 Å². The third-order valence-corrected chi connectivity index (χ3v) is 6.61. The normalized spacial score (nSPS) is 18.6. The van der Waals surface area contributed by atoms with E-state index in [0.717, 1.165) is 43.2 Å². The first-order valence-electron chi connectivity index (χ1n) is 11.4. The van der Waals surface area contributed by atoms with Crippen molar-refractivity contribution in [3.8, 4) is 11.1 Å². The summed E-state index contributed by atoms with van der Waals surface area (Å²) in [5.41, 5.74) is 9.09. The van der Waals surface area contributed by atoms with E-state index in [1.54, 1.807) is 20.8 Å². The summed E-state index contributed by atoms with van der Waals surface area (Å²) in [5.74, 6) is 0. The predicted molar refractivity (Wildman–Crippen MR) is 140 cm³/mol. The van der Waals surface area contributed by atoms with Gasteiger partial charge in [0.25, 0.3) is 0 Å². The van der Waals surface area contributed by atoms with Gasteiger partial charge in [0, 0.05) is 45.3 Å². The number of benzene rings is 2. The summed E-state index contributed by atoms with van der Waals surface area (Å²) in [6, 6.07) is 8.84. The van der Waals surface area contributed by atoms with Gasteiger partial charge < -0.3 is 24.8 Å². The van der Waals surface area contributed by atoms with E-state index in [4.69, 9.17) is 21.8 Å². The van der Waals surface area contributed by atoms with Crippen molar-refractivity contribution in [1.29, 1.82) is 0 Å². The van der Waals surface area contributed by atoms with Crippen molar-refractivity contribution in [2.24, 2.45) is 0 Å². The van der Waals surface area contributed by atoms with Crippen molar-refractivity contribution in [1.82, 2.24) is 0 Å². The number of nitrogens with zero attached hydrogens (tertiary/aromatic N) is 2. The molecule has 2 atom stereocenters. The van der Waals surface area contributed by atoms with Crippen LogP contribution in [0.3, 0.4) is 0 Å². The summed E-state index contributed by atoms with van der Waals surface area (Å²) in [6.45, 7) is 13.6. The Morgan fingerprint density at radius 3 is 2.15 bits per heavy atom. The minimum atomic E-state index is -0.500. The maximum atomic E-state index is 11.5. The number of hydrogen-bond donors (Lipinski definition) is 2. The Hall–Kier alpha value is -2.08. The first kappa shape index (κ1) is 27.2. The zero-order chi connectivity index (χ0) is 25.1. The molecule has 5 nitrogen and oxygen atoms in total. The van der Waals surface area contributed by atoms with Crippen molar-refractivity contribution >= 4 is 29.3 Å². The fraction of sp³-hybridized carbons (Fsp3) is 0.519. The molecule has 2 aromatic carbocycles. The second kappa shape index (κ2) is 10.9. The van der Waals surface area contributed by atoms with Crippen LogP contribution in [-0.4, -0.2) is 55.4 Å². The van der Waals surface area contributed by atoms with Crippen molar-refractivity contribution in [3.05, 3.63) is 46.5 Å². The van der Waals surface area contributed by atoms with Crippen LogP contribution in [0.25, 0.3) is 11.1 Å². The van der Waals surface area contributed by atoms with Crippen LogP contribution in [0, 0.1) is 13.8 Å². The second-order valence-corrected chi connectivity index (χ2v) is 10.2. The molecular weight excluding hydrogens is 436 g/mol. The molecule has 2 heterocycles. The van der Waals surface area contributed by atoms with E-state index in [1.165, 1.54) is 28.1 Å². The molecule has 2 aliphatic heterocycles. The third kappa shape index (κ3) is 5.71. The van der Waals surface area contributed by atoms with Gasteiger partial charge in [-0.05, 0) is 63.8 Å². The van der Waals surface area contributed by atoms with E-state index >= 15 is 0 Å². The maximum Gasteiger partial charge on any atom is 0.124 e. The van der Waals surface area contributed by atoms with Gasteiger partial charge >= 0.3 is 0 Å². The number of carbonyl (C=O) groups is 1. The predicted octanol–water partition coefficient (Wildman–Crippen LogP) is 5.04. The number of carbonyl (C=O) groups excluding carboxylic acids is 1. The molecule has 0 aliphatic carbocycles. The molecule has 2 N–H and O–H groups in total. The molecule has 182 valence electrons. The van der Waals surface area contributed by atoms with Crippen LogP contribution in [0.2, 0.25) is 0 Å². The van der Waals surface area contributed by atoms with E-state index in [9.17, 15) is 4.79 Å². The molecular formula is C27H39ClN2O3. The fourth-order valence-corrected chi connectivity index (χ4v) is 4.97. The topological polar surface area (TPSA) is 64.0 Å². The maximum absolute atomic E-state index is 11.5. The van der Waals surface area contributed by atoms with Crippen molar-refractivity contribution in [2.75, 3.05) is 37.0 Å². The molecule has 0 bridgehead atoms. The van der Waals surface area contributed by atoms with Crippen LogP contribution in [-0.2, 0) is 11.2 Å². The molecule has 0 amide bonds. The van der Waals surface area contributed by atoms with E-state index in [0.29, 0.717) is 6.42 Å². The number of anilines is 2. The summed E-state index contributed by atoms with van der Waals surface area (Å²) < 4.78 is 0. The average Bonchev–Trinajstić information content (AvgIpc) is 2.99. The summed E-state index contributed by atoms with van der Waals surface area (Å²) >= 11 is 6.98. The van der Waals surface area contributed by atoms with Gasteiger partial charge in [-0.25, -0.2) is 0 Å². The molecule has 0 saturated carbocycles. The van der Waals surface area contributed by atoms with Crippen LogP contribution < -0.4 is 9.80 Å². The molecule has 4 rings (SSSR count). The number of halogens is 1.